The molecule has 2 N–H and O–H groups in total. The first-order valence-corrected chi connectivity index (χ1v) is 7.11. The van der Waals surface area contributed by atoms with Gasteiger partial charge in [-0.3, -0.25) is 0 Å². The third-order valence-corrected chi connectivity index (χ3v) is 3.15. The Morgan fingerprint density at radius 2 is 1.94 bits per heavy atom. The van der Waals surface area contributed by atoms with Gasteiger partial charge in [-0.25, -0.2) is 4.98 Å². The third-order valence-electron chi connectivity index (χ3n) is 3.15. The van der Waals surface area contributed by atoms with Crippen molar-refractivity contribution in [2.24, 2.45) is 0 Å². The number of nitrogens with zero attached hydrogens (tertiary/aromatic N) is 1. The lowest BCUT2D eigenvalue weighted by Gasteiger charge is -2.15. The van der Waals surface area contributed by atoms with E-state index in [1.165, 1.54) is 44.9 Å². The highest BCUT2D eigenvalue weighted by Crippen LogP contribution is 2.17. The van der Waals surface area contributed by atoms with Crippen LogP contribution in [0.25, 0.3) is 0 Å². The van der Waals surface area contributed by atoms with Crippen LogP contribution < -0.4 is 5.32 Å². The fourth-order valence-electron chi connectivity index (χ4n) is 2.18. The molecule has 1 atom stereocenters. The molecule has 3 heteroatoms. The van der Waals surface area contributed by atoms with Gasteiger partial charge in [0.25, 0.3) is 0 Å². The predicted octanol–water partition coefficient (Wildman–Crippen LogP) is 3.81. The lowest BCUT2D eigenvalue weighted by molar-refractivity contribution is 0.461. The SMILES string of the molecule is CCCCCCCCC(NCC)c1ncc[nH]1. The van der Waals surface area contributed by atoms with E-state index >= 15 is 0 Å². The van der Waals surface area contributed by atoms with Gasteiger partial charge >= 0.3 is 0 Å². The third kappa shape index (κ3) is 5.87. The smallest absolute Gasteiger partial charge is 0.123 e. The Bertz CT molecular complexity index is 256. The molecule has 0 spiro atoms. The minimum Gasteiger partial charge on any atom is -0.347 e. The molecule has 0 aliphatic heterocycles. The summed E-state index contributed by atoms with van der Waals surface area (Å²) in [5, 5.41) is 3.49. The van der Waals surface area contributed by atoms with Crippen molar-refractivity contribution in [3.05, 3.63) is 18.2 Å². The highest BCUT2D eigenvalue weighted by molar-refractivity contribution is 4.95. The van der Waals surface area contributed by atoms with E-state index in [1.54, 1.807) is 0 Å². The Balaban J connectivity index is 2.17. The van der Waals surface area contributed by atoms with Crippen LogP contribution >= 0.6 is 0 Å². The van der Waals surface area contributed by atoms with Crippen molar-refractivity contribution >= 4 is 0 Å². The first kappa shape index (κ1) is 14.2. The molecular formula is C14H27N3. The quantitative estimate of drug-likeness (QED) is 0.607. The maximum Gasteiger partial charge on any atom is 0.123 e. The summed E-state index contributed by atoms with van der Waals surface area (Å²) in [4.78, 5) is 7.56. The van der Waals surface area contributed by atoms with Crippen LogP contribution in [0.4, 0.5) is 0 Å². The molecule has 0 aromatic carbocycles. The normalized spacial score (nSPS) is 12.8. The average Bonchev–Trinajstić information content (AvgIpc) is 2.86. The zero-order valence-corrected chi connectivity index (χ0v) is 11.3. The Morgan fingerprint density at radius 1 is 1.18 bits per heavy atom. The second kappa shape index (κ2) is 9.23. The van der Waals surface area contributed by atoms with E-state index in [-0.39, 0.29) is 0 Å². The Labute approximate surface area is 105 Å². The summed E-state index contributed by atoms with van der Waals surface area (Å²) in [5.74, 6) is 1.08. The van der Waals surface area contributed by atoms with Crippen molar-refractivity contribution in [2.75, 3.05) is 6.54 Å². The van der Waals surface area contributed by atoms with E-state index in [1.807, 2.05) is 12.4 Å². The Kier molecular flexibility index (Phi) is 7.72. The summed E-state index contributed by atoms with van der Waals surface area (Å²) in [5.41, 5.74) is 0. The van der Waals surface area contributed by atoms with Gasteiger partial charge in [-0.05, 0) is 13.0 Å². The van der Waals surface area contributed by atoms with Crippen molar-refractivity contribution in [3.63, 3.8) is 0 Å². The van der Waals surface area contributed by atoms with Gasteiger partial charge in [0, 0.05) is 12.4 Å². The molecule has 3 nitrogen and oxygen atoms in total. The highest BCUT2D eigenvalue weighted by Gasteiger charge is 2.11. The summed E-state index contributed by atoms with van der Waals surface area (Å²) in [7, 11) is 0. The average molecular weight is 237 g/mol. The fraction of sp³-hybridized carbons (Fsp3) is 0.786. The first-order chi connectivity index (χ1) is 8.38. The maximum atomic E-state index is 4.35. The Morgan fingerprint density at radius 3 is 2.59 bits per heavy atom. The van der Waals surface area contributed by atoms with Gasteiger partial charge in [0.05, 0.1) is 6.04 Å². The number of rotatable bonds is 10. The summed E-state index contributed by atoms with van der Waals surface area (Å²) in [6.45, 7) is 5.41. The van der Waals surface area contributed by atoms with Crippen LogP contribution in [-0.4, -0.2) is 16.5 Å². The molecule has 0 aliphatic carbocycles. The van der Waals surface area contributed by atoms with E-state index in [9.17, 15) is 0 Å². The van der Waals surface area contributed by atoms with Crippen molar-refractivity contribution < 1.29 is 0 Å². The van der Waals surface area contributed by atoms with Crippen LogP contribution in [-0.2, 0) is 0 Å². The number of imidazole rings is 1. The van der Waals surface area contributed by atoms with Gasteiger partial charge < -0.3 is 10.3 Å². The molecule has 17 heavy (non-hydrogen) atoms. The van der Waals surface area contributed by atoms with Crippen LogP contribution in [0.2, 0.25) is 0 Å². The topological polar surface area (TPSA) is 40.7 Å². The number of aromatic amines is 1. The van der Waals surface area contributed by atoms with Crippen LogP contribution in [0.1, 0.15) is 70.7 Å². The van der Waals surface area contributed by atoms with E-state index in [0.717, 1.165) is 12.4 Å². The Hall–Kier alpha value is -0.830. The molecule has 1 unspecified atom stereocenters. The maximum absolute atomic E-state index is 4.35. The summed E-state index contributed by atoms with van der Waals surface area (Å²) in [6, 6.07) is 0.404. The van der Waals surface area contributed by atoms with Crippen molar-refractivity contribution in [1.82, 2.24) is 15.3 Å². The lowest BCUT2D eigenvalue weighted by Crippen LogP contribution is -2.21. The van der Waals surface area contributed by atoms with Gasteiger partial charge in [-0.1, -0.05) is 52.4 Å². The van der Waals surface area contributed by atoms with Gasteiger partial charge in [0.2, 0.25) is 0 Å². The summed E-state index contributed by atoms with van der Waals surface area (Å²) < 4.78 is 0. The molecule has 0 saturated carbocycles. The van der Waals surface area contributed by atoms with Crippen LogP contribution in [0.15, 0.2) is 12.4 Å². The van der Waals surface area contributed by atoms with Crippen LogP contribution in [0, 0.1) is 0 Å². The fourth-order valence-corrected chi connectivity index (χ4v) is 2.18. The van der Waals surface area contributed by atoms with Crippen molar-refractivity contribution in [2.45, 2.75) is 64.8 Å². The first-order valence-electron chi connectivity index (χ1n) is 7.11. The van der Waals surface area contributed by atoms with Crippen molar-refractivity contribution in [3.8, 4) is 0 Å². The number of H-pyrrole nitrogens is 1. The van der Waals surface area contributed by atoms with Crippen molar-refractivity contribution in [1.29, 1.82) is 0 Å². The molecular weight excluding hydrogens is 210 g/mol. The summed E-state index contributed by atoms with van der Waals surface area (Å²) in [6.07, 6.45) is 13.1. The second-order valence-electron chi connectivity index (χ2n) is 4.64. The lowest BCUT2D eigenvalue weighted by atomic mass is 10.1. The van der Waals surface area contributed by atoms with Crippen LogP contribution in [0.3, 0.4) is 0 Å². The molecule has 98 valence electrons. The number of hydrogen-bond donors (Lipinski definition) is 2. The number of aromatic nitrogens is 2. The molecule has 0 amide bonds. The zero-order chi connectivity index (χ0) is 12.3. The molecule has 0 fully saturated rings. The minimum atomic E-state index is 0.404. The van der Waals surface area contributed by atoms with E-state index in [0.29, 0.717) is 6.04 Å². The molecule has 1 rings (SSSR count). The minimum absolute atomic E-state index is 0.404. The number of hydrogen-bond acceptors (Lipinski definition) is 2. The highest BCUT2D eigenvalue weighted by atomic mass is 15.0. The molecule has 1 aromatic rings. The number of unbranched alkanes of at least 4 members (excludes halogenated alkanes) is 5. The van der Waals surface area contributed by atoms with Crippen LogP contribution in [0.5, 0.6) is 0 Å². The largest absolute Gasteiger partial charge is 0.347 e. The van der Waals surface area contributed by atoms with E-state index in [2.05, 4.69) is 29.1 Å². The monoisotopic (exact) mass is 237 g/mol. The molecule has 1 heterocycles. The standard InChI is InChI=1S/C14H27N3/c1-3-5-6-7-8-9-10-13(15-4-2)14-16-11-12-17-14/h11-13,15H,3-10H2,1-2H3,(H,16,17). The van der Waals surface area contributed by atoms with E-state index < -0.39 is 0 Å². The van der Waals surface area contributed by atoms with Gasteiger partial charge in [0.1, 0.15) is 5.82 Å². The molecule has 0 bridgehead atoms. The number of nitrogens with one attached hydrogen (secondary N) is 2. The predicted molar refractivity (Wildman–Crippen MR) is 73.0 cm³/mol. The molecule has 0 radical (unpaired) electrons. The molecule has 1 aromatic heterocycles. The zero-order valence-electron chi connectivity index (χ0n) is 11.3. The van der Waals surface area contributed by atoms with Gasteiger partial charge in [-0.15, -0.1) is 0 Å². The van der Waals surface area contributed by atoms with Gasteiger partial charge in [-0.2, -0.15) is 0 Å². The van der Waals surface area contributed by atoms with Gasteiger partial charge in [0.15, 0.2) is 0 Å². The molecule has 0 aliphatic rings. The summed E-state index contributed by atoms with van der Waals surface area (Å²) >= 11 is 0. The molecule has 0 saturated heterocycles. The van der Waals surface area contributed by atoms with E-state index in [4.69, 9.17) is 0 Å². The second-order valence-corrected chi connectivity index (χ2v) is 4.64.